The zero-order chi connectivity index (χ0) is 14.0. The van der Waals surface area contributed by atoms with Gasteiger partial charge in [-0.3, -0.25) is 9.59 Å². The van der Waals surface area contributed by atoms with Gasteiger partial charge in [0.25, 0.3) is 0 Å². The van der Waals surface area contributed by atoms with Crippen molar-refractivity contribution in [2.45, 2.75) is 39.5 Å². The molecule has 0 aliphatic rings. The first-order valence-electron chi connectivity index (χ1n) is 5.47. The normalized spacial score (nSPS) is 6.59. The molecule has 17 heavy (non-hydrogen) atoms. The molecule has 0 aromatic carbocycles. The van der Waals surface area contributed by atoms with E-state index in [1.54, 1.807) is 6.92 Å². The van der Waals surface area contributed by atoms with Crippen molar-refractivity contribution in [3.05, 3.63) is 0 Å². The summed E-state index contributed by atoms with van der Waals surface area (Å²) in [5.41, 5.74) is 13.5. The average Bonchev–Trinajstić information content (AvgIpc) is 2.36. The van der Waals surface area contributed by atoms with Gasteiger partial charge in [-0.05, 0) is 27.6 Å². The van der Waals surface area contributed by atoms with E-state index in [4.69, 9.17) is 0 Å². The fourth-order valence-corrected chi connectivity index (χ4v) is 0.712. The maximum absolute atomic E-state index is 10.8. The Morgan fingerprint density at radius 1 is 0.824 bits per heavy atom. The summed E-state index contributed by atoms with van der Waals surface area (Å²) >= 11 is 0. The molecule has 5 nitrogen and oxygen atoms in total. The van der Waals surface area contributed by atoms with Crippen LogP contribution in [0.2, 0.25) is 0 Å². The first-order valence-corrected chi connectivity index (χ1v) is 5.47. The summed E-state index contributed by atoms with van der Waals surface area (Å²) in [6.07, 6.45) is 2.02. The van der Waals surface area contributed by atoms with Crippen molar-refractivity contribution in [1.82, 2.24) is 0 Å². The van der Waals surface area contributed by atoms with E-state index in [-0.39, 0.29) is 37.5 Å². The first-order chi connectivity index (χ1) is 7.70. The molecule has 0 spiro atoms. The van der Waals surface area contributed by atoms with Gasteiger partial charge in [-0.15, -0.1) is 0 Å². The minimum Gasteiger partial charge on any atom is -0.333 e. The van der Waals surface area contributed by atoms with Crippen molar-refractivity contribution in [3.8, 4) is 0 Å². The molecule has 0 bridgehead atoms. The van der Waals surface area contributed by atoms with E-state index in [0.717, 1.165) is 6.42 Å². The molecule has 0 aromatic rings. The Balaban J connectivity index is -0.0000000594. The number of nitrogens with two attached hydrogens (primary N) is 3. The molecule has 6 heteroatoms. The third kappa shape index (κ3) is 38.8. The molecule has 0 aromatic heterocycles. The molecule has 0 aliphatic carbocycles. The SMILES string of the molecule is CCCC(=O)CC(=O)CC.CN.CN.CN.[Ru]. The molecule has 0 amide bonds. The Bertz CT molecular complexity index is 145. The van der Waals surface area contributed by atoms with E-state index in [1.165, 1.54) is 21.1 Å². The zero-order valence-electron chi connectivity index (χ0n) is 11.7. The van der Waals surface area contributed by atoms with Crippen LogP contribution in [0.25, 0.3) is 0 Å². The third-order valence-corrected chi connectivity index (χ3v) is 1.32. The van der Waals surface area contributed by atoms with Crippen LogP contribution in [-0.4, -0.2) is 32.7 Å². The number of Topliss-reactive ketones (excluding diaryl/α,β-unsaturated/α-hetero) is 2. The predicted octanol–water partition coefficient (Wildman–Crippen LogP) is 0.447. The maximum atomic E-state index is 10.8. The summed E-state index contributed by atoms with van der Waals surface area (Å²) in [7, 11) is 4.50. The Kier molecular flexibility index (Phi) is 63.9. The Morgan fingerprint density at radius 3 is 1.41 bits per heavy atom. The van der Waals surface area contributed by atoms with Crippen LogP contribution >= 0.6 is 0 Å². The predicted molar refractivity (Wildman–Crippen MR) is 70.2 cm³/mol. The minimum absolute atomic E-state index is 0. The number of carbonyl (C=O) groups is 2. The number of ketones is 2. The van der Waals surface area contributed by atoms with Crippen molar-refractivity contribution in [2.75, 3.05) is 21.1 Å². The summed E-state index contributed by atoms with van der Waals surface area (Å²) < 4.78 is 0. The van der Waals surface area contributed by atoms with Crippen LogP contribution in [-0.2, 0) is 29.1 Å². The number of rotatable bonds is 5. The summed E-state index contributed by atoms with van der Waals surface area (Å²) in [4.78, 5) is 21.5. The monoisotopic (exact) mass is 337 g/mol. The van der Waals surface area contributed by atoms with Gasteiger partial charge >= 0.3 is 0 Å². The van der Waals surface area contributed by atoms with Crippen molar-refractivity contribution >= 4 is 11.6 Å². The van der Waals surface area contributed by atoms with Gasteiger partial charge in [0, 0.05) is 32.3 Å². The van der Waals surface area contributed by atoms with Crippen molar-refractivity contribution < 1.29 is 29.1 Å². The van der Waals surface area contributed by atoms with Crippen molar-refractivity contribution in [2.24, 2.45) is 17.2 Å². The van der Waals surface area contributed by atoms with Crippen LogP contribution in [0.15, 0.2) is 0 Å². The Morgan fingerprint density at radius 2 is 1.18 bits per heavy atom. The summed E-state index contributed by atoms with van der Waals surface area (Å²) in [6, 6.07) is 0. The smallest absolute Gasteiger partial charge is 0.140 e. The molecule has 0 atom stereocenters. The first kappa shape index (κ1) is 30.1. The van der Waals surface area contributed by atoms with E-state index in [1.807, 2.05) is 6.92 Å². The van der Waals surface area contributed by atoms with Gasteiger partial charge in [0.1, 0.15) is 11.6 Å². The van der Waals surface area contributed by atoms with Crippen LogP contribution in [0.4, 0.5) is 0 Å². The molecule has 0 heterocycles. The van der Waals surface area contributed by atoms with Gasteiger partial charge in [-0.25, -0.2) is 0 Å². The molecule has 0 saturated carbocycles. The van der Waals surface area contributed by atoms with E-state index in [2.05, 4.69) is 17.2 Å². The molecule has 0 unspecified atom stereocenters. The molecule has 6 N–H and O–H groups in total. The second-order valence-corrected chi connectivity index (χ2v) is 2.36. The molecule has 0 rings (SSSR count). The molecule has 108 valence electrons. The van der Waals surface area contributed by atoms with Gasteiger partial charge in [-0.1, -0.05) is 13.8 Å². The van der Waals surface area contributed by atoms with Crippen LogP contribution < -0.4 is 17.2 Å². The number of hydrogen-bond donors (Lipinski definition) is 3. The number of hydrogen-bond acceptors (Lipinski definition) is 5. The fraction of sp³-hybridized carbons (Fsp3) is 0.818. The topological polar surface area (TPSA) is 112 Å². The van der Waals surface area contributed by atoms with Crippen LogP contribution in [0, 0.1) is 0 Å². The average molecular weight is 336 g/mol. The van der Waals surface area contributed by atoms with Crippen LogP contribution in [0.3, 0.4) is 0 Å². The molecule has 0 aliphatic heterocycles. The molecule has 0 saturated heterocycles. The maximum Gasteiger partial charge on any atom is 0.140 e. The largest absolute Gasteiger partial charge is 0.333 e. The van der Waals surface area contributed by atoms with Gasteiger partial charge in [0.2, 0.25) is 0 Å². The van der Waals surface area contributed by atoms with E-state index >= 15 is 0 Å². The fourth-order valence-electron chi connectivity index (χ4n) is 0.712. The van der Waals surface area contributed by atoms with Crippen molar-refractivity contribution in [1.29, 1.82) is 0 Å². The number of carbonyl (C=O) groups excluding carboxylic acids is 2. The summed E-state index contributed by atoms with van der Waals surface area (Å²) in [5.74, 6) is 0.132. The Hall–Kier alpha value is -0.157. The van der Waals surface area contributed by atoms with Crippen LogP contribution in [0.5, 0.6) is 0 Å². The molecule has 0 radical (unpaired) electrons. The zero-order valence-corrected chi connectivity index (χ0v) is 13.5. The van der Waals surface area contributed by atoms with Crippen molar-refractivity contribution in [3.63, 3.8) is 0 Å². The second-order valence-electron chi connectivity index (χ2n) is 2.36. The Labute approximate surface area is 119 Å². The minimum atomic E-state index is 0. The van der Waals surface area contributed by atoms with Gasteiger partial charge in [0.15, 0.2) is 0 Å². The second kappa shape index (κ2) is 36.0. The summed E-state index contributed by atoms with van der Waals surface area (Å²) in [5, 5.41) is 0. The molecule has 0 fully saturated rings. The van der Waals surface area contributed by atoms with Gasteiger partial charge in [-0.2, -0.15) is 0 Å². The van der Waals surface area contributed by atoms with Crippen LogP contribution in [0.1, 0.15) is 39.5 Å². The molecular formula is C11H29N3O2Ru. The van der Waals surface area contributed by atoms with Gasteiger partial charge in [0.05, 0.1) is 6.42 Å². The van der Waals surface area contributed by atoms with E-state index in [0.29, 0.717) is 12.8 Å². The molecular weight excluding hydrogens is 307 g/mol. The third-order valence-electron chi connectivity index (χ3n) is 1.32. The van der Waals surface area contributed by atoms with E-state index in [9.17, 15) is 9.59 Å². The van der Waals surface area contributed by atoms with E-state index < -0.39 is 0 Å². The summed E-state index contributed by atoms with van der Waals surface area (Å²) in [6.45, 7) is 3.72. The quantitative estimate of drug-likeness (QED) is 0.498. The van der Waals surface area contributed by atoms with Gasteiger partial charge < -0.3 is 17.2 Å². The standard InChI is InChI=1S/C8H14O2.3CH5N.Ru/c1-3-5-8(10)6-7(9)4-2;3*1-2;/h3-6H2,1-2H3;3*2H2,1H3;.